The van der Waals surface area contributed by atoms with Crippen LogP contribution in [0.15, 0.2) is 0 Å². The van der Waals surface area contributed by atoms with E-state index in [1.54, 1.807) is 0 Å². The molecule has 0 spiro atoms. The molecule has 2 aliphatic rings. The van der Waals surface area contributed by atoms with E-state index in [1.807, 2.05) is 13.8 Å². The maximum Gasteiger partial charge on any atom is 1.00 e. The third kappa shape index (κ3) is 1.78. The molecule has 2 fully saturated rings. The van der Waals surface area contributed by atoms with Gasteiger partial charge in [-0.1, -0.05) is 24.9 Å². The van der Waals surface area contributed by atoms with Crippen molar-refractivity contribution < 1.29 is 43.1 Å². The van der Waals surface area contributed by atoms with E-state index in [2.05, 4.69) is 0 Å². The molecule has 0 aromatic rings. The van der Waals surface area contributed by atoms with E-state index in [0.717, 1.165) is 12.8 Å². The van der Waals surface area contributed by atoms with E-state index >= 15 is 0 Å². The fourth-order valence-electron chi connectivity index (χ4n) is 3.31. The van der Waals surface area contributed by atoms with Crippen molar-refractivity contribution in [1.82, 2.24) is 0 Å². The van der Waals surface area contributed by atoms with Crippen LogP contribution in [0.5, 0.6) is 0 Å². The molecule has 3 unspecified atom stereocenters. The van der Waals surface area contributed by atoms with Gasteiger partial charge in [0, 0.05) is 17.6 Å². The predicted molar refractivity (Wildman–Crippen MR) is 52.3 cm³/mol. The van der Waals surface area contributed by atoms with Crippen LogP contribution in [0.4, 0.5) is 0 Å². The number of ketones is 1. The van der Waals surface area contributed by atoms with Crippen LogP contribution in [0.1, 0.15) is 33.1 Å². The molecule has 0 aliphatic heterocycles. The largest absolute Gasteiger partial charge is 1.00 e. The Kier molecular flexibility index (Phi) is 3.90. The molecule has 2 bridgehead atoms. The number of hydrogen-bond donors (Lipinski definition) is 0. The van der Waals surface area contributed by atoms with E-state index in [0.29, 0.717) is 12.3 Å². The standard InChI is InChI=1S/C10H16O3S.Na/c1-9(2)7-3-4-10(9,6-14(12)13)8(11)5-7;/h7H,3-6H2,1-2H3,(H,12,13);/q;+1/p-1. The molecule has 2 saturated carbocycles. The molecule has 0 aromatic heterocycles. The SMILES string of the molecule is CC1(C)C2CCC1(CS(=O)[O-])C(=O)C2.[Na+]. The second kappa shape index (κ2) is 4.22. The van der Waals surface area contributed by atoms with Crippen molar-refractivity contribution in [3.05, 3.63) is 0 Å². The summed E-state index contributed by atoms with van der Waals surface area (Å²) in [5, 5.41) is 0. The summed E-state index contributed by atoms with van der Waals surface area (Å²) in [5.41, 5.74) is -0.686. The number of fused-ring (bicyclic) bond motifs is 2. The number of carbonyl (C=O) groups is 1. The fourth-order valence-corrected chi connectivity index (χ4v) is 4.39. The van der Waals surface area contributed by atoms with Crippen LogP contribution in [0, 0.1) is 16.7 Å². The van der Waals surface area contributed by atoms with Gasteiger partial charge in [-0.3, -0.25) is 9.00 Å². The zero-order valence-corrected chi connectivity index (χ0v) is 12.4. The van der Waals surface area contributed by atoms with Crippen LogP contribution >= 0.6 is 0 Å². The third-order valence-corrected chi connectivity index (χ3v) is 5.23. The Labute approximate surface area is 115 Å². The molecule has 0 aromatic carbocycles. The van der Waals surface area contributed by atoms with Crippen LogP contribution in [0.25, 0.3) is 0 Å². The van der Waals surface area contributed by atoms with Crippen molar-refractivity contribution in [2.24, 2.45) is 16.7 Å². The van der Waals surface area contributed by atoms with Gasteiger partial charge in [0.1, 0.15) is 5.78 Å². The molecule has 0 N–H and O–H groups in total. The summed E-state index contributed by atoms with van der Waals surface area (Å²) in [4.78, 5) is 11.8. The van der Waals surface area contributed by atoms with E-state index < -0.39 is 16.5 Å². The van der Waals surface area contributed by atoms with Crippen LogP contribution in [0.2, 0.25) is 0 Å². The van der Waals surface area contributed by atoms with E-state index in [1.165, 1.54) is 0 Å². The first kappa shape index (κ1) is 13.8. The van der Waals surface area contributed by atoms with Crippen LogP contribution < -0.4 is 29.6 Å². The van der Waals surface area contributed by atoms with Gasteiger partial charge in [-0.15, -0.1) is 0 Å². The Balaban J connectivity index is 0.00000112. The molecule has 0 radical (unpaired) electrons. The first-order chi connectivity index (χ1) is 6.40. The molecule has 3 nitrogen and oxygen atoms in total. The number of carbonyl (C=O) groups excluding carboxylic acids is 1. The summed E-state index contributed by atoms with van der Waals surface area (Å²) >= 11 is -2.11. The maximum absolute atomic E-state index is 11.8. The zero-order valence-electron chi connectivity index (χ0n) is 9.54. The van der Waals surface area contributed by atoms with Crippen molar-refractivity contribution in [3.8, 4) is 0 Å². The van der Waals surface area contributed by atoms with Crippen molar-refractivity contribution in [2.75, 3.05) is 5.75 Å². The van der Waals surface area contributed by atoms with Gasteiger partial charge in [0.05, 0.1) is 0 Å². The summed E-state index contributed by atoms with van der Waals surface area (Å²) in [6.07, 6.45) is 2.36. The first-order valence-corrected chi connectivity index (χ1v) is 6.24. The minimum atomic E-state index is -2.11. The topological polar surface area (TPSA) is 57.2 Å². The maximum atomic E-state index is 11.8. The first-order valence-electron chi connectivity index (χ1n) is 4.99. The van der Waals surface area contributed by atoms with Gasteiger partial charge in [-0.05, 0) is 24.2 Å². The van der Waals surface area contributed by atoms with Gasteiger partial charge >= 0.3 is 29.6 Å². The normalized spacial score (nSPS) is 38.9. The molecule has 80 valence electrons. The minimum Gasteiger partial charge on any atom is -0.772 e. The van der Waals surface area contributed by atoms with Gasteiger partial charge in [0.15, 0.2) is 0 Å². The molecule has 0 saturated heterocycles. The van der Waals surface area contributed by atoms with E-state index in [-0.39, 0.29) is 46.5 Å². The molecule has 5 heteroatoms. The molecule has 0 heterocycles. The van der Waals surface area contributed by atoms with Gasteiger partial charge in [0.25, 0.3) is 0 Å². The Hall–Kier alpha value is 0.780. The average Bonchev–Trinajstić information content (AvgIpc) is 2.36. The number of Topliss-reactive ketones (excluding diaryl/α,β-unsaturated/α-hetero) is 1. The van der Waals surface area contributed by atoms with Crippen molar-refractivity contribution >= 4 is 16.9 Å². The van der Waals surface area contributed by atoms with E-state index in [4.69, 9.17) is 0 Å². The van der Waals surface area contributed by atoms with Gasteiger partial charge in [-0.25, -0.2) is 0 Å². The second-order valence-corrected chi connectivity index (χ2v) is 6.01. The monoisotopic (exact) mass is 238 g/mol. The van der Waals surface area contributed by atoms with Crippen LogP contribution in [-0.4, -0.2) is 20.3 Å². The Morgan fingerprint density at radius 2 is 2.13 bits per heavy atom. The molecule has 0 amide bonds. The number of hydrogen-bond acceptors (Lipinski definition) is 3. The van der Waals surface area contributed by atoms with Gasteiger partial charge < -0.3 is 4.55 Å². The molecule has 15 heavy (non-hydrogen) atoms. The molecule has 2 rings (SSSR count). The minimum absolute atomic E-state index is 0. The summed E-state index contributed by atoms with van der Waals surface area (Å²) in [5.74, 6) is 0.594. The second-order valence-electron chi connectivity index (χ2n) is 5.11. The molecular weight excluding hydrogens is 223 g/mol. The van der Waals surface area contributed by atoms with E-state index in [9.17, 15) is 13.6 Å². The third-order valence-electron chi connectivity index (χ3n) is 4.50. The Morgan fingerprint density at radius 1 is 1.53 bits per heavy atom. The molecule has 2 aliphatic carbocycles. The summed E-state index contributed by atoms with van der Waals surface area (Å²) in [7, 11) is 0. The number of rotatable bonds is 2. The van der Waals surface area contributed by atoms with Gasteiger partial charge in [-0.2, -0.15) is 0 Å². The van der Waals surface area contributed by atoms with Crippen LogP contribution in [-0.2, 0) is 15.9 Å². The molecule has 3 atom stereocenters. The summed E-state index contributed by atoms with van der Waals surface area (Å²) < 4.78 is 21.6. The quantitative estimate of drug-likeness (QED) is 0.424. The van der Waals surface area contributed by atoms with Crippen molar-refractivity contribution in [2.45, 2.75) is 33.1 Å². The summed E-state index contributed by atoms with van der Waals surface area (Å²) in [6.45, 7) is 4.09. The van der Waals surface area contributed by atoms with Crippen LogP contribution in [0.3, 0.4) is 0 Å². The van der Waals surface area contributed by atoms with Gasteiger partial charge in [0.2, 0.25) is 0 Å². The van der Waals surface area contributed by atoms with Crippen molar-refractivity contribution in [1.29, 1.82) is 0 Å². The Morgan fingerprint density at radius 3 is 2.47 bits per heavy atom. The summed E-state index contributed by atoms with van der Waals surface area (Å²) in [6, 6.07) is 0. The smallest absolute Gasteiger partial charge is 0.772 e. The Bertz CT molecular complexity index is 316. The van der Waals surface area contributed by atoms with Crippen molar-refractivity contribution in [3.63, 3.8) is 0 Å². The zero-order chi connectivity index (χ0) is 10.6. The predicted octanol–water partition coefficient (Wildman–Crippen LogP) is -1.74. The molecular formula is C10H15NaO3S. The fraction of sp³-hybridized carbons (Fsp3) is 0.900. The average molecular weight is 238 g/mol.